The van der Waals surface area contributed by atoms with Crippen LogP contribution in [0.1, 0.15) is 32.8 Å². The molecule has 0 aliphatic heterocycles. The molecule has 0 fully saturated rings. The minimum Gasteiger partial charge on any atom is -0.337 e. The highest BCUT2D eigenvalue weighted by Gasteiger charge is 2.17. The van der Waals surface area contributed by atoms with Gasteiger partial charge in [0.25, 0.3) is 0 Å². The summed E-state index contributed by atoms with van der Waals surface area (Å²) in [6.45, 7) is 7.87. The second-order valence-electron chi connectivity index (χ2n) is 7.25. The lowest BCUT2D eigenvalue weighted by Crippen LogP contribution is -2.16. The molecule has 0 atom stereocenters. The summed E-state index contributed by atoms with van der Waals surface area (Å²) >= 11 is 0. The number of para-hydroxylation sites is 1. The molecule has 0 unspecified atom stereocenters. The van der Waals surface area contributed by atoms with Crippen molar-refractivity contribution in [2.24, 2.45) is 5.41 Å². The Labute approximate surface area is 134 Å². The zero-order chi connectivity index (χ0) is 16.2. The Hall–Kier alpha value is -1.58. The van der Waals surface area contributed by atoms with Gasteiger partial charge in [-0.25, -0.2) is 0 Å². The van der Waals surface area contributed by atoms with E-state index in [0.717, 1.165) is 24.3 Å². The summed E-state index contributed by atoms with van der Waals surface area (Å²) in [7, 11) is 4.18. The molecule has 0 amide bonds. The lowest BCUT2D eigenvalue weighted by atomic mass is 9.99. The topological polar surface area (TPSA) is 21.7 Å². The summed E-state index contributed by atoms with van der Waals surface area (Å²) < 4.78 is 0. The van der Waals surface area contributed by atoms with Crippen LogP contribution < -0.4 is 4.89 Å². The third-order valence-electron chi connectivity index (χ3n) is 3.37. The van der Waals surface area contributed by atoms with Gasteiger partial charge in [-0.15, -0.1) is 0 Å². The largest absolute Gasteiger partial charge is 0.337 e. The minimum atomic E-state index is 0.0825. The maximum absolute atomic E-state index is 5.60. The van der Waals surface area contributed by atoms with Crippen LogP contribution in [-0.2, 0) is 4.89 Å². The molecule has 0 bridgehead atoms. The Balaban J connectivity index is 2.18. The Morgan fingerprint density at radius 3 is 2.55 bits per heavy atom. The third kappa shape index (κ3) is 4.72. The van der Waals surface area contributed by atoms with Crippen molar-refractivity contribution in [3.63, 3.8) is 0 Å². The molecule has 0 heterocycles. The maximum atomic E-state index is 5.60. The average Bonchev–Trinajstić information content (AvgIpc) is 2.85. The Bertz CT molecular complexity index is 565. The van der Waals surface area contributed by atoms with Crippen LogP contribution >= 0.6 is 0 Å². The van der Waals surface area contributed by atoms with E-state index >= 15 is 0 Å². The molecule has 1 aliphatic rings. The number of rotatable bonds is 6. The Morgan fingerprint density at radius 1 is 1.14 bits per heavy atom. The highest BCUT2D eigenvalue weighted by Crippen LogP contribution is 2.35. The van der Waals surface area contributed by atoms with Crippen LogP contribution in [0.2, 0.25) is 0 Å². The van der Waals surface area contributed by atoms with Crippen LogP contribution in [0.25, 0.3) is 5.57 Å². The Morgan fingerprint density at radius 2 is 1.86 bits per heavy atom. The van der Waals surface area contributed by atoms with E-state index in [9.17, 15) is 0 Å². The van der Waals surface area contributed by atoms with Crippen LogP contribution in [0.3, 0.4) is 0 Å². The normalized spacial score (nSPS) is 15.0. The summed E-state index contributed by atoms with van der Waals surface area (Å²) in [6.07, 6.45) is 5.37. The zero-order valence-corrected chi connectivity index (χ0v) is 14.3. The van der Waals surface area contributed by atoms with E-state index in [1.807, 2.05) is 18.2 Å². The average molecular weight is 301 g/mol. The fourth-order valence-corrected chi connectivity index (χ4v) is 2.38. The van der Waals surface area contributed by atoms with Crippen molar-refractivity contribution in [2.45, 2.75) is 27.2 Å². The SMILES string of the molecule is CN(C)CC1=C(c2ccccc2OOCC(C)(C)C)CC=C1. The molecule has 1 aliphatic carbocycles. The summed E-state index contributed by atoms with van der Waals surface area (Å²) in [5.41, 5.74) is 3.87. The molecule has 0 saturated carbocycles. The highest BCUT2D eigenvalue weighted by atomic mass is 17.2. The first kappa shape index (κ1) is 16.8. The van der Waals surface area contributed by atoms with Crippen LogP contribution in [0.15, 0.2) is 42.0 Å². The third-order valence-corrected chi connectivity index (χ3v) is 3.37. The molecule has 22 heavy (non-hydrogen) atoms. The highest BCUT2D eigenvalue weighted by molar-refractivity contribution is 5.78. The van der Waals surface area contributed by atoms with Gasteiger partial charge in [-0.1, -0.05) is 51.1 Å². The second-order valence-corrected chi connectivity index (χ2v) is 7.25. The maximum Gasteiger partial charge on any atom is 0.172 e. The van der Waals surface area contributed by atoms with Gasteiger partial charge in [0.05, 0.1) is 6.61 Å². The number of hydrogen-bond acceptors (Lipinski definition) is 3. The van der Waals surface area contributed by atoms with Crippen LogP contribution in [0.5, 0.6) is 5.75 Å². The Kier molecular flexibility index (Phi) is 5.43. The molecule has 0 spiro atoms. The molecule has 120 valence electrons. The fourth-order valence-electron chi connectivity index (χ4n) is 2.38. The number of benzene rings is 1. The van der Waals surface area contributed by atoms with Gasteiger partial charge in [-0.2, -0.15) is 4.89 Å². The standard InChI is InChI=1S/C19H27NO2/c1-19(2,3)14-21-22-18-12-7-6-10-17(18)16-11-8-9-15(16)13-20(4)5/h6-10,12H,11,13-14H2,1-5H3. The van der Waals surface area contributed by atoms with E-state index in [1.54, 1.807) is 0 Å². The number of nitrogens with zero attached hydrogens (tertiary/aromatic N) is 1. The van der Waals surface area contributed by atoms with Gasteiger partial charge in [0.1, 0.15) is 0 Å². The van der Waals surface area contributed by atoms with E-state index in [2.05, 4.69) is 58.0 Å². The van der Waals surface area contributed by atoms with Gasteiger partial charge in [-0.05, 0) is 43.1 Å². The lowest BCUT2D eigenvalue weighted by molar-refractivity contribution is -0.224. The van der Waals surface area contributed by atoms with Crippen LogP contribution in [0, 0.1) is 5.41 Å². The molecular formula is C19H27NO2. The van der Waals surface area contributed by atoms with Crippen molar-refractivity contribution in [1.82, 2.24) is 4.90 Å². The van der Waals surface area contributed by atoms with Gasteiger partial charge < -0.3 is 9.79 Å². The van der Waals surface area contributed by atoms with Gasteiger partial charge in [0, 0.05) is 12.1 Å². The van der Waals surface area contributed by atoms with Crippen molar-refractivity contribution in [3.05, 3.63) is 47.6 Å². The number of hydrogen-bond donors (Lipinski definition) is 0. The predicted octanol–water partition coefficient (Wildman–Crippen LogP) is 4.32. The van der Waals surface area contributed by atoms with Gasteiger partial charge >= 0.3 is 0 Å². The molecule has 0 radical (unpaired) electrons. The fraction of sp³-hybridized carbons (Fsp3) is 0.474. The first-order valence-corrected chi connectivity index (χ1v) is 7.79. The van der Waals surface area contributed by atoms with Gasteiger partial charge in [-0.3, -0.25) is 0 Å². The van der Waals surface area contributed by atoms with Crippen LogP contribution in [-0.4, -0.2) is 32.1 Å². The van der Waals surface area contributed by atoms with Gasteiger partial charge in [0.2, 0.25) is 0 Å². The molecular weight excluding hydrogens is 274 g/mol. The second kappa shape index (κ2) is 7.12. The molecule has 0 N–H and O–H groups in total. The van der Waals surface area contributed by atoms with E-state index in [1.165, 1.54) is 11.1 Å². The molecule has 3 nitrogen and oxygen atoms in total. The van der Waals surface area contributed by atoms with Crippen molar-refractivity contribution in [2.75, 3.05) is 27.2 Å². The summed E-state index contributed by atoms with van der Waals surface area (Å²) in [5, 5.41) is 0. The first-order valence-electron chi connectivity index (χ1n) is 7.79. The van der Waals surface area contributed by atoms with Gasteiger partial charge in [0.15, 0.2) is 5.75 Å². The van der Waals surface area contributed by atoms with Crippen molar-refractivity contribution in [3.8, 4) is 5.75 Å². The van der Waals surface area contributed by atoms with E-state index in [4.69, 9.17) is 9.78 Å². The summed E-state index contributed by atoms with van der Waals surface area (Å²) in [6, 6.07) is 8.10. The predicted molar refractivity (Wildman–Crippen MR) is 91.7 cm³/mol. The zero-order valence-electron chi connectivity index (χ0n) is 14.3. The summed E-state index contributed by atoms with van der Waals surface area (Å²) in [4.78, 5) is 13.2. The molecule has 3 heteroatoms. The minimum absolute atomic E-state index is 0.0825. The van der Waals surface area contributed by atoms with Crippen molar-refractivity contribution in [1.29, 1.82) is 0 Å². The molecule has 1 aromatic rings. The molecule has 0 aromatic heterocycles. The van der Waals surface area contributed by atoms with E-state index in [-0.39, 0.29) is 5.41 Å². The lowest BCUT2D eigenvalue weighted by Gasteiger charge is -2.19. The van der Waals surface area contributed by atoms with Crippen molar-refractivity contribution < 1.29 is 9.78 Å². The molecule has 2 rings (SSSR count). The molecule has 1 aromatic carbocycles. The van der Waals surface area contributed by atoms with E-state index in [0.29, 0.717) is 6.61 Å². The van der Waals surface area contributed by atoms with Crippen molar-refractivity contribution >= 4 is 5.57 Å². The monoisotopic (exact) mass is 301 g/mol. The quantitative estimate of drug-likeness (QED) is 0.577. The molecule has 0 saturated heterocycles. The first-order chi connectivity index (χ1) is 10.4. The number of allylic oxidation sites excluding steroid dienone is 2. The number of likely N-dealkylation sites (N-methyl/N-ethyl adjacent to an activating group) is 1. The van der Waals surface area contributed by atoms with Crippen LogP contribution in [0.4, 0.5) is 0 Å². The summed E-state index contributed by atoms with van der Waals surface area (Å²) in [5.74, 6) is 0.793. The van der Waals surface area contributed by atoms with E-state index < -0.39 is 0 Å². The smallest absolute Gasteiger partial charge is 0.172 e.